The van der Waals surface area contributed by atoms with Crippen molar-refractivity contribution in [1.29, 1.82) is 0 Å². The van der Waals surface area contributed by atoms with Crippen LogP contribution in [0.5, 0.6) is 5.75 Å². The molecule has 18 heavy (non-hydrogen) atoms. The monoisotopic (exact) mass is 252 g/mol. The molecule has 1 N–H and O–H groups in total. The normalized spacial score (nSPS) is 10.8. The molecule has 0 atom stereocenters. The van der Waals surface area contributed by atoms with Crippen molar-refractivity contribution in [1.82, 2.24) is 10.2 Å². The summed E-state index contributed by atoms with van der Waals surface area (Å²) in [5.74, 6) is 0.918. The van der Waals surface area contributed by atoms with Crippen molar-refractivity contribution in [2.45, 2.75) is 0 Å². The minimum absolute atomic E-state index is 0.682. The molecule has 0 amide bonds. The molecule has 1 rings (SSSR count). The van der Waals surface area contributed by atoms with Crippen molar-refractivity contribution >= 4 is 0 Å². The van der Waals surface area contributed by atoms with Crippen molar-refractivity contribution in [3.63, 3.8) is 0 Å². The second-order valence-corrected chi connectivity index (χ2v) is 4.33. The number of nitrogens with zero attached hydrogens (tertiary/aromatic N) is 1. The van der Waals surface area contributed by atoms with Gasteiger partial charge >= 0.3 is 0 Å². The Kier molecular flexibility index (Phi) is 8.21. The number of hydrogen-bond donors (Lipinski definition) is 1. The molecule has 0 heterocycles. The molecule has 1 aromatic rings. The van der Waals surface area contributed by atoms with Gasteiger partial charge in [0.2, 0.25) is 0 Å². The lowest BCUT2D eigenvalue weighted by Crippen LogP contribution is -2.26. The van der Waals surface area contributed by atoms with Gasteiger partial charge in [-0.3, -0.25) is 0 Å². The third-order valence-corrected chi connectivity index (χ3v) is 2.40. The number of rotatable bonds is 10. The van der Waals surface area contributed by atoms with E-state index in [1.54, 1.807) is 0 Å². The van der Waals surface area contributed by atoms with Gasteiger partial charge in [-0.2, -0.15) is 0 Å². The van der Waals surface area contributed by atoms with Crippen LogP contribution in [0, 0.1) is 0 Å². The molecule has 0 aliphatic rings. The van der Waals surface area contributed by atoms with Crippen LogP contribution in [0.4, 0.5) is 0 Å². The van der Waals surface area contributed by atoms with Gasteiger partial charge in [0.05, 0.1) is 13.2 Å². The molecular weight excluding hydrogens is 228 g/mol. The SMILES string of the molecule is CN(C)CCOCCNCCOc1ccccc1. The highest BCUT2D eigenvalue weighted by molar-refractivity contribution is 5.20. The lowest BCUT2D eigenvalue weighted by atomic mass is 10.3. The molecule has 0 aliphatic heterocycles. The van der Waals surface area contributed by atoms with Crippen molar-refractivity contribution < 1.29 is 9.47 Å². The highest BCUT2D eigenvalue weighted by atomic mass is 16.5. The van der Waals surface area contributed by atoms with Crippen LogP contribution in [0.2, 0.25) is 0 Å². The summed E-state index contributed by atoms with van der Waals surface area (Å²) >= 11 is 0. The number of ether oxygens (including phenoxy) is 2. The Morgan fingerprint density at radius 3 is 2.44 bits per heavy atom. The second-order valence-electron chi connectivity index (χ2n) is 4.33. The van der Waals surface area contributed by atoms with E-state index in [0.717, 1.165) is 38.6 Å². The fourth-order valence-electron chi connectivity index (χ4n) is 1.38. The lowest BCUT2D eigenvalue weighted by molar-refractivity contribution is 0.118. The minimum atomic E-state index is 0.682. The Bertz CT molecular complexity index is 291. The first kappa shape index (κ1) is 15.0. The fourth-order valence-corrected chi connectivity index (χ4v) is 1.38. The first-order chi connectivity index (χ1) is 8.79. The Morgan fingerprint density at radius 1 is 1.00 bits per heavy atom. The van der Waals surface area contributed by atoms with Crippen LogP contribution >= 0.6 is 0 Å². The molecule has 0 aromatic heterocycles. The van der Waals surface area contributed by atoms with Gasteiger partial charge in [-0.25, -0.2) is 0 Å². The molecule has 4 nitrogen and oxygen atoms in total. The standard InChI is InChI=1S/C14H24N2O2/c1-16(2)10-13-17-11-8-15-9-12-18-14-6-4-3-5-7-14/h3-7,15H,8-13H2,1-2H3. The maximum Gasteiger partial charge on any atom is 0.119 e. The molecule has 0 aliphatic carbocycles. The summed E-state index contributed by atoms with van der Waals surface area (Å²) < 4.78 is 11.0. The number of likely N-dealkylation sites (N-methyl/N-ethyl adjacent to an activating group) is 1. The van der Waals surface area contributed by atoms with Crippen molar-refractivity contribution in [2.75, 3.05) is 53.6 Å². The second kappa shape index (κ2) is 9.88. The molecule has 0 radical (unpaired) electrons. The molecule has 1 aromatic carbocycles. The highest BCUT2D eigenvalue weighted by Gasteiger charge is 1.93. The summed E-state index contributed by atoms with van der Waals surface area (Å²) in [5.41, 5.74) is 0. The van der Waals surface area contributed by atoms with Gasteiger partial charge in [0.15, 0.2) is 0 Å². The predicted octanol–water partition coefficient (Wildman–Crippen LogP) is 1.23. The number of nitrogens with one attached hydrogen (secondary N) is 1. The quantitative estimate of drug-likeness (QED) is 0.635. The zero-order chi connectivity index (χ0) is 13.1. The third-order valence-electron chi connectivity index (χ3n) is 2.40. The van der Waals surface area contributed by atoms with Gasteiger partial charge in [0, 0.05) is 19.6 Å². The maximum atomic E-state index is 5.56. The summed E-state index contributed by atoms with van der Waals surface area (Å²) in [6.07, 6.45) is 0. The van der Waals surface area contributed by atoms with E-state index in [9.17, 15) is 0 Å². The molecule has 0 fully saturated rings. The van der Waals surface area contributed by atoms with Crippen LogP contribution in [0.15, 0.2) is 30.3 Å². The summed E-state index contributed by atoms with van der Waals surface area (Å²) in [5, 5.41) is 3.28. The average molecular weight is 252 g/mol. The molecule has 0 saturated carbocycles. The molecule has 0 bridgehead atoms. The fraction of sp³-hybridized carbons (Fsp3) is 0.571. The van der Waals surface area contributed by atoms with E-state index in [2.05, 4.69) is 10.2 Å². The number of benzene rings is 1. The zero-order valence-corrected chi connectivity index (χ0v) is 11.4. The van der Waals surface area contributed by atoms with E-state index >= 15 is 0 Å². The van der Waals surface area contributed by atoms with E-state index in [-0.39, 0.29) is 0 Å². The Balaban J connectivity index is 1.84. The van der Waals surface area contributed by atoms with Crippen LogP contribution in [0.3, 0.4) is 0 Å². The third kappa shape index (κ3) is 8.06. The largest absolute Gasteiger partial charge is 0.492 e. The summed E-state index contributed by atoms with van der Waals surface area (Å²) in [4.78, 5) is 2.11. The van der Waals surface area contributed by atoms with Crippen molar-refractivity contribution in [3.05, 3.63) is 30.3 Å². The van der Waals surface area contributed by atoms with Crippen molar-refractivity contribution in [3.8, 4) is 5.75 Å². The van der Waals surface area contributed by atoms with Gasteiger partial charge < -0.3 is 19.7 Å². The Hall–Kier alpha value is -1.10. The predicted molar refractivity (Wildman–Crippen MR) is 74.2 cm³/mol. The van der Waals surface area contributed by atoms with Gasteiger partial charge in [0.1, 0.15) is 12.4 Å². The van der Waals surface area contributed by atoms with Gasteiger partial charge in [0.25, 0.3) is 0 Å². The Labute approximate surface area is 110 Å². The number of hydrogen-bond acceptors (Lipinski definition) is 4. The van der Waals surface area contributed by atoms with Crippen LogP contribution in [-0.4, -0.2) is 58.5 Å². The first-order valence-electron chi connectivity index (χ1n) is 6.40. The van der Waals surface area contributed by atoms with Gasteiger partial charge in [-0.05, 0) is 26.2 Å². The number of para-hydroxylation sites is 1. The van der Waals surface area contributed by atoms with Gasteiger partial charge in [-0.1, -0.05) is 18.2 Å². The molecular formula is C14H24N2O2. The van der Waals surface area contributed by atoms with E-state index < -0.39 is 0 Å². The van der Waals surface area contributed by atoms with E-state index in [1.165, 1.54) is 0 Å². The van der Waals surface area contributed by atoms with Crippen molar-refractivity contribution in [2.24, 2.45) is 0 Å². The van der Waals surface area contributed by atoms with E-state index in [4.69, 9.17) is 9.47 Å². The maximum absolute atomic E-state index is 5.56. The smallest absolute Gasteiger partial charge is 0.119 e. The Morgan fingerprint density at radius 2 is 1.72 bits per heavy atom. The van der Waals surface area contributed by atoms with Crippen LogP contribution in [-0.2, 0) is 4.74 Å². The summed E-state index contributed by atoms with van der Waals surface area (Å²) in [6.45, 7) is 4.89. The lowest BCUT2D eigenvalue weighted by Gasteiger charge is -2.10. The molecule has 102 valence electrons. The topological polar surface area (TPSA) is 33.7 Å². The highest BCUT2D eigenvalue weighted by Crippen LogP contribution is 2.07. The van der Waals surface area contributed by atoms with Crippen LogP contribution < -0.4 is 10.1 Å². The summed E-state index contributed by atoms with van der Waals surface area (Å²) in [7, 11) is 4.09. The minimum Gasteiger partial charge on any atom is -0.492 e. The molecule has 0 spiro atoms. The molecule has 0 unspecified atom stereocenters. The zero-order valence-electron chi connectivity index (χ0n) is 11.4. The first-order valence-corrected chi connectivity index (χ1v) is 6.40. The summed E-state index contributed by atoms with van der Waals surface area (Å²) in [6, 6.07) is 9.85. The van der Waals surface area contributed by atoms with Gasteiger partial charge in [-0.15, -0.1) is 0 Å². The molecule has 0 saturated heterocycles. The van der Waals surface area contributed by atoms with Crippen LogP contribution in [0.25, 0.3) is 0 Å². The average Bonchev–Trinajstić information content (AvgIpc) is 2.37. The van der Waals surface area contributed by atoms with E-state index in [1.807, 2.05) is 44.4 Å². The van der Waals surface area contributed by atoms with E-state index in [0.29, 0.717) is 6.61 Å². The van der Waals surface area contributed by atoms with Crippen LogP contribution in [0.1, 0.15) is 0 Å². The molecule has 4 heteroatoms.